The Hall–Kier alpha value is -1.58. The normalized spacial score (nSPS) is 22.6. The number of halogens is 1. The van der Waals surface area contributed by atoms with Gasteiger partial charge in [0.25, 0.3) is 0 Å². The minimum atomic E-state index is -0.139. The molecule has 1 aromatic heterocycles. The predicted octanol–water partition coefficient (Wildman–Crippen LogP) is 2.12. The molecule has 3 heterocycles. The van der Waals surface area contributed by atoms with Crippen LogP contribution in [0, 0.1) is 11.8 Å². The molecule has 0 spiro atoms. The third kappa shape index (κ3) is 5.24. The van der Waals surface area contributed by atoms with Gasteiger partial charge >= 0.3 is 5.97 Å². The number of guanidine groups is 1. The first-order valence-corrected chi connectivity index (χ1v) is 9.35. The summed E-state index contributed by atoms with van der Waals surface area (Å²) in [6, 6.07) is 4.18. The molecule has 27 heavy (non-hydrogen) atoms. The monoisotopic (exact) mass is 487 g/mol. The molecule has 2 fully saturated rings. The van der Waals surface area contributed by atoms with E-state index in [4.69, 9.17) is 4.74 Å². The van der Waals surface area contributed by atoms with Crippen LogP contribution in [0.5, 0.6) is 0 Å². The van der Waals surface area contributed by atoms with Gasteiger partial charge in [-0.2, -0.15) is 0 Å². The second kappa shape index (κ2) is 10.1. The fourth-order valence-electron chi connectivity index (χ4n) is 3.80. The highest BCUT2D eigenvalue weighted by Gasteiger charge is 2.36. The number of hydrogen-bond donors (Lipinski definition) is 1. The SMILES string of the molecule is CN=C(NCc1ccnc(N2CCCC2)c1)N1CC(C)C(C(=O)OC)C1.I. The number of nitrogens with one attached hydrogen (secondary N) is 1. The van der Waals surface area contributed by atoms with Gasteiger partial charge in [0, 0.05) is 46.0 Å². The number of aliphatic imine (C=N–C) groups is 1. The smallest absolute Gasteiger partial charge is 0.310 e. The fraction of sp³-hybridized carbons (Fsp3) is 0.632. The molecule has 8 heteroatoms. The lowest BCUT2D eigenvalue weighted by molar-refractivity contribution is -0.145. The number of pyridine rings is 1. The van der Waals surface area contributed by atoms with Gasteiger partial charge in [-0.3, -0.25) is 9.79 Å². The molecule has 0 aromatic carbocycles. The lowest BCUT2D eigenvalue weighted by Gasteiger charge is -2.22. The van der Waals surface area contributed by atoms with Crippen LogP contribution in [0.25, 0.3) is 0 Å². The lowest BCUT2D eigenvalue weighted by Crippen LogP contribution is -2.40. The van der Waals surface area contributed by atoms with E-state index in [1.165, 1.54) is 25.5 Å². The van der Waals surface area contributed by atoms with E-state index in [-0.39, 0.29) is 41.8 Å². The second-order valence-electron chi connectivity index (χ2n) is 7.13. The molecule has 2 unspecified atom stereocenters. The zero-order chi connectivity index (χ0) is 18.5. The van der Waals surface area contributed by atoms with E-state index in [9.17, 15) is 4.79 Å². The van der Waals surface area contributed by atoms with E-state index in [1.807, 2.05) is 12.3 Å². The molecule has 7 nitrogen and oxygen atoms in total. The first kappa shape index (κ1) is 21.7. The quantitative estimate of drug-likeness (QED) is 0.304. The Labute approximate surface area is 178 Å². The Morgan fingerprint density at radius 3 is 2.78 bits per heavy atom. The second-order valence-corrected chi connectivity index (χ2v) is 7.13. The van der Waals surface area contributed by atoms with Crippen molar-refractivity contribution in [3.05, 3.63) is 23.9 Å². The van der Waals surface area contributed by atoms with Gasteiger partial charge in [-0.1, -0.05) is 6.92 Å². The van der Waals surface area contributed by atoms with Crippen molar-refractivity contribution in [1.29, 1.82) is 0 Å². The Kier molecular flexibility index (Phi) is 8.12. The number of esters is 1. The van der Waals surface area contributed by atoms with Crippen LogP contribution in [0.3, 0.4) is 0 Å². The molecule has 1 aromatic rings. The molecule has 2 aliphatic heterocycles. The first-order valence-electron chi connectivity index (χ1n) is 9.35. The summed E-state index contributed by atoms with van der Waals surface area (Å²) in [4.78, 5) is 25.3. The molecule has 0 amide bonds. The number of carbonyl (C=O) groups excluding carboxylic acids is 1. The molecule has 0 aliphatic carbocycles. The van der Waals surface area contributed by atoms with Crippen molar-refractivity contribution >= 4 is 41.7 Å². The van der Waals surface area contributed by atoms with Gasteiger partial charge < -0.3 is 19.9 Å². The number of carbonyl (C=O) groups is 1. The highest BCUT2D eigenvalue weighted by molar-refractivity contribution is 14.0. The third-order valence-corrected chi connectivity index (χ3v) is 5.32. The molecule has 0 bridgehead atoms. The largest absolute Gasteiger partial charge is 0.469 e. The Morgan fingerprint density at radius 1 is 1.37 bits per heavy atom. The Balaban J connectivity index is 0.00000261. The number of nitrogens with zero attached hydrogens (tertiary/aromatic N) is 4. The highest BCUT2D eigenvalue weighted by Crippen LogP contribution is 2.24. The number of likely N-dealkylation sites (tertiary alicyclic amines) is 1. The minimum Gasteiger partial charge on any atom is -0.469 e. The van der Waals surface area contributed by atoms with Gasteiger partial charge in [0.15, 0.2) is 5.96 Å². The predicted molar refractivity (Wildman–Crippen MR) is 118 cm³/mol. The summed E-state index contributed by atoms with van der Waals surface area (Å²) in [5.74, 6) is 1.89. The highest BCUT2D eigenvalue weighted by atomic mass is 127. The fourth-order valence-corrected chi connectivity index (χ4v) is 3.80. The molecule has 2 atom stereocenters. The molecule has 1 N–H and O–H groups in total. The number of methoxy groups -OCH3 is 1. The minimum absolute atomic E-state index is 0. The van der Waals surface area contributed by atoms with Crippen molar-refractivity contribution in [2.24, 2.45) is 16.8 Å². The van der Waals surface area contributed by atoms with Gasteiger partial charge in [-0.25, -0.2) is 4.98 Å². The van der Waals surface area contributed by atoms with E-state index >= 15 is 0 Å². The van der Waals surface area contributed by atoms with Crippen LogP contribution in [0.4, 0.5) is 5.82 Å². The van der Waals surface area contributed by atoms with E-state index < -0.39 is 0 Å². The van der Waals surface area contributed by atoms with Crippen LogP contribution in [-0.4, -0.2) is 62.1 Å². The number of aromatic nitrogens is 1. The zero-order valence-corrected chi connectivity index (χ0v) is 18.7. The van der Waals surface area contributed by atoms with E-state index in [0.29, 0.717) is 13.1 Å². The lowest BCUT2D eigenvalue weighted by atomic mass is 9.99. The zero-order valence-electron chi connectivity index (χ0n) is 16.4. The summed E-state index contributed by atoms with van der Waals surface area (Å²) in [5, 5.41) is 3.42. The molecule has 3 rings (SSSR count). The van der Waals surface area contributed by atoms with E-state index in [0.717, 1.165) is 31.4 Å². The summed E-state index contributed by atoms with van der Waals surface area (Å²) < 4.78 is 4.92. The van der Waals surface area contributed by atoms with Gasteiger partial charge in [0.2, 0.25) is 0 Å². The van der Waals surface area contributed by atoms with Crippen molar-refractivity contribution < 1.29 is 9.53 Å². The van der Waals surface area contributed by atoms with Crippen molar-refractivity contribution in [1.82, 2.24) is 15.2 Å². The van der Waals surface area contributed by atoms with Gasteiger partial charge in [-0.15, -0.1) is 24.0 Å². The van der Waals surface area contributed by atoms with Crippen LogP contribution < -0.4 is 10.2 Å². The molecule has 0 saturated carbocycles. The third-order valence-electron chi connectivity index (χ3n) is 5.32. The molecular formula is C19H30IN5O2. The molecule has 0 radical (unpaired) electrons. The summed E-state index contributed by atoms with van der Waals surface area (Å²) in [7, 11) is 3.23. The molecule has 150 valence electrons. The maximum Gasteiger partial charge on any atom is 0.310 e. The topological polar surface area (TPSA) is 70.1 Å². The van der Waals surface area contributed by atoms with E-state index in [2.05, 4.69) is 38.1 Å². The average Bonchev–Trinajstić information content (AvgIpc) is 3.32. The number of rotatable bonds is 4. The van der Waals surface area contributed by atoms with Crippen molar-refractivity contribution in [2.45, 2.75) is 26.3 Å². The summed E-state index contributed by atoms with van der Waals surface area (Å²) in [6.07, 6.45) is 4.36. The average molecular weight is 487 g/mol. The molecular weight excluding hydrogens is 457 g/mol. The Morgan fingerprint density at radius 2 is 2.11 bits per heavy atom. The molecule has 2 saturated heterocycles. The van der Waals surface area contributed by atoms with Crippen LogP contribution >= 0.6 is 24.0 Å². The number of hydrogen-bond acceptors (Lipinski definition) is 5. The first-order chi connectivity index (χ1) is 12.6. The Bertz CT molecular complexity index is 663. The van der Waals surface area contributed by atoms with Gasteiger partial charge in [0.1, 0.15) is 5.82 Å². The van der Waals surface area contributed by atoms with Crippen LogP contribution in [0.1, 0.15) is 25.3 Å². The standard InChI is InChI=1S/C19H29N5O2.HI/c1-14-12-24(13-16(14)18(25)26-3)19(20-2)22-11-15-6-7-21-17(10-15)23-8-4-5-9-23;/h6-7,10,14,16H,4-5,8-9,11-13H2,1-3H3,(H,20,22);1H. The summed E-state index contributed by atoms with van der Waals surface area (Å²) >= 11 is 0. The summed E-state index contributed by atoms with van der Waals surface area (Å²) in [6.45, 7) is 6.39. The van der Waals surface area contributed by atoms with Gasteiger partial charge in [0.05, 0.1) is 13.0 Å². The van der Waals surface area contributed by atoms with Crippen molar-refractivity contribution in [3.8, 4) is 0 Å². The maximum absolute atomic E-state index is 11.9. The van der Waals surface area contributed by atoms with Crippen LogP contribution in [-0.2, 0) is 16.1 Å². The maximum atomic E-state index is 11.9. The van der Waals surface area contributed by atoms with Crippen molar-refractivity contribution in [2.75, 3.05) is 45.2 Å². The summed E-state index contributed by atoms with van der Waals surface area (Å²) in [5.41, 5.74) is 1.18. The van der Waals surface area contributed by atoms with Crippen LogP contribution in [0.2, 0.25) is 0 Å². The van der Waals surface area contributed by atoms with Crippen molar-refractivity contribution in [3.63, 3.8) is 0 Å². The van der Waals surface area contributed by atoms with Crippen LogP contribution in [0.15, 0.2) is 23.3 Å². The van der Waals surface area contributed by atoms with Gasteiger partial charge in [-0.05, 0) is 36.5 Å². The van der Waals surface area contributed by atoms with E-state index in [1.54, 1.807) is 7.05 Å². The molecule has 2 aliphatic rings. The number of anilines is 1. The number of ether oxygens (including phenoxy) is 1.